The maximum atomic E-state index is 9.80. The second kappa shape index (κ2) is 2.63. The van der Waals surface area contributed by atoms with E-state index in [1.807, 2.05) is 19.1 Å². The fourth-order valence-electron chi connectivity index (χ4n) is 4.08. The van der Waals surface area contributed by atoms with Crippen LogP contribution in [0.4, 0.5) is 0 Å². The predicted molar refractivity (Wildman–Crippen MR) is 65.4 cm³/mol. The number of hydrogen-bond acceptors (Lipinski definition) is 2. The lowest BCUT2D eigenvalue weighted by molar-refractivity contribution is 0.0334. The summed E-state index contributed by atoms with van der Waals surface area (Å²) in [6.07, 6.45) is 4.81. The van der Waals surface area contributed by atoms with E-state index in [4.69, 9.17) is 4.74 Å². The maximum Gasteiger partial charge on any atom is 0.124 e. The zero-order valence-corrected chi connectivity index (χ0v) is 10.4. The fraction of sp³-hybridized carbons (Fsp3) is 0.600. The first-order chi connectivity index (χ1) is 8.04. The van der Waals surface area contributed by atoms with Crippen molar-refractivity contribution in [1.29, 1.82) is 0 Å². The molecule has 3 aliphatic rings. The van der Waals surface area contributed by atoms with Crippen LogP contribution in [0.25, 0.3) is 0 Å². The standard InChI is InChI=1S/C15H18O2/c1-9-5-13-10(6-12(9)16)7-15(17-13)4-3-11-8-14(11,15)2/h5-6,11,16H,3-4,7-8H2,1-2H3/t11-,14+,15?/m1/s1. The highest BCUT2D eigenvalue weighted by Crippen LogP contribution is 2.71. The molecule has 1 heterocycles. The highest BCUT2D eigenvalue weighted by atomic mass is 16.5. The number of aromatic hydroxyl groups is 1. The van der Waals surface area contributed by atoms with Gasteiger partial charge in [-0.25, -0.2) is 0 Å². The molecular weight excluding hydrogens is 212 g/mol. The molecule has 1 spiro atoms. The van der Waals surface area contributed by atoms with Crippen molar-refractivity contribution >= 4 is 0 Å². The quantitative estimate of drug-likeness (QED) is 0.741. The zero-order chi connectivity index (χ0) is 11.8. The highest BCUT2D eigenvalue weighted by molar-refractivity contribution is 5.50. The van der Waals surface area contributed by atoms with Gasteiger partial charge < -0.3 is 9.84 Å². The molecule has 2 fully saturated rings. The van der Waals surface area contributed by atoms with Crippen LogP contribution in [0.15, 0.2) is 12.1 Å². The average molecular weight is 230 g/mol. The van der Waals surface area contributed by atoms with Gasteiger partial charge in [0.1, 0.15) is 17.1 Å². The van der Waals surface area contributed by atoms with Crippen LogP contribution in [-0.4, -0.2) is 10.7 Å². The van der Waals surface area contributed by atoms with Gasteiger partial charge in [-0.15, -0.1) is 0 Å². The van der Waals surface area contributed by atoms with Gasteiger partial charge in [0.15, 0.2) is 0 Å². The van der Waals surface area contributed by atoms with Crippen molar-refractivity contribution in [2.24, 2.45) is 11.3 Å². The largest absolute Gasteiger partial charge is 0.508 e. The zero-order valence-electron chi connectivity index (χ0n) is 10.4. The van der Waals surface area contributed by atoms with Gasteiger partial charge >= 0.3 is 0 Å². The molecule has 1 unspecified atom stereocenters. The van der Waals surface area contributed by atoms with Crippen LogP contribution >= 0.6 is 0 Å². The van der Waals surface area contributed by atoms with Gasteiger partial charge in [0.25, 0.3) is 0 Å². The van der Waals surface area contributed by atoms with E-state index in [9.17, 15) is 5.11 Å². The summed E-state index contributed by atoms with van der Waals surface area (Å²) in [5.41, 5.74) is 2.55. The Hall–Kier alpha value is -1.18. The third kappa shape index (κ3) is 1.02. The maximum absolute atomic E-state index is 9.80. The Morgan fingerprint density at radius 2 is 2.24 bits per heavy atom. The molecule has 0 saturated heterocycles. The van der Waals surface area contributed by atoms with Crippen LogP contribution in [0, 0.1) is 18.3 Å². The molecule has 3 atom stereocenters. The minimum Gasteiger partial charge on any atom is -0.508 e. The highest BCUT2D eigenvalue weighted by Gasteiger charge is 2.70. The van der Waals surface area contributed by atoms with E-state index < -0.39 is 0 Å². The van der Waals surface area contributed by atoms with Crippen LogP contribution in [0.5, 0.6) is 11.5 Å². The normalized spacial score (nSPS) is 41.2. The summed E-state index contributed by atoms with van der Waals surface area (Å²) in [6.45, 7) is 4.31. The minimum atomic E-state index is 0.0419. The van der Waals surface area contributed by atoms with Crippen LogP contribution < -0.4 is 4.74 Å². The Morgan fingerprint density at radius 3 is 2.88 bits per heavy atom. The van der Waals surface area contributed by atoms with E-state index in [0.717, 1.165) is 23.7 Å². The summed E-state index contributed by atoms with van der Waals surface area (Å²) in [7, 11) is 0. The van der Waals surface area contributed by atoms with Crippen LogP contribution in [0.1, 0.15) is 37.3 Å². The van der Waals surface area contributed by atoms with Crippen LogP contribution in [0.2, 0.25) is 0 Å². The summed E-state index contributed by atoms with van der Waals surface area (Å²) in [5, 5.41) is 9.80. The number of aryl methyl sites for hydroxylation is 1. The SMILES string of the molecule is Cc1cc2c(cc1O)CC1(CC[C@@H]3C[C@@]31C)O2. The van der Waals surface area contributed by atoms with Crippen molar-refractivity contribution in [3.63, 3.8) is 0 Å². The molecule has 2 heteroatoms. The molecule has 0 radical (unpaired) electrons. The summed E-state index contributed by atoms with van der Waals surface area (Å²) in [6, 6.07) is 3.90. The Labute approximate surface area is 102 Å². The summed E-state index contributed by atoms with van der Waals surface area (Å²) in [4.78, 5) is 0. The van der Waals surface area contributed by atoms with Gasteiger partial charge in [-0.3, -0.25) is 0 Å². The second-order valence-corrected chi connectivity index (χ2v) is 6.38. The Morgan fingerprint density at radius 1 is 1.41 bits per heavy atom. The molecule has 1 aromatic carbocycles. The van der Waals surface area contributed by atoms with Gasteiger partial charge in [-0.05, 0) is 49.8 Å². The predicted octanol–water partition coefficient (Wildman–Crippen LogP) is 3.19. The van der Waals surface area contributed by atoms with Crippen molar-refractivity contribution in [3.05, 3.63) is 23.3 Å². The van der Waals surface area contributed by atoms with Crippen molar-refractivity contribution in [2.45, 2.75) is 45.1 Å². The second-order valence-electron chi connectivity index (χ2n) is 6.38. The molecule has 2 saturated carbocycles. The molecule has 90 valence electrons. The van der Waals surface area contributed by atoms with Gasteiger partial charge in [0, 0.05) is 17.4 Å². The number of ether oxygens (including phenoxy) is 1. The van der Waals surface area contributed by atoms with Crippen LogP contribution in [-0.2, 0) is 6.42 Å². The molecule has 1 aromatic rings. The Kier molecular flexibility index (Phi) is 1.52. The molecule has 1 aliphatic heterocycles. The molecule has 2 aliphatic carbocycles. The summed E-state index contributed by atoms with van der Waals surface area (Å²) >= 11 is 0. The molecule has 1 N–H and O–H groups in total. The molecule has 0 amide bonds. The van der Waals surface area contributed by atoms with E-state index in [-0.39, 0.29) is 5.60 Å². The first-order valence-corrected chi connectivity index (χ1v) is 6.56. The molecule has 17 heavy (non-hydrogen) atoms. The van der Waals surface area contributed by atoms with E-state index in [1.54, 1.807) is 0 Å². The molecule has 0 bridgehead atoms. The van der Waals surface area contributed by atoms with Crippen LogP contribution in [0.3, 0.4) is 0 Å². The monoisotopic (exact) mass is 230 g/mol. The Balaban J connectivity index is 1.78. The molecule has 2 nitrogen and oxygen atoms in total. The lowest BCUT2D eigenvalue weighted by atomic mass is 9.83. The van der Waals surface area contributed by atoms with Crippen molar-refractivity contribution in [3.8, 4) is 11.5 Å². The smallest absolute Gasteiger partial charge is 0.124 e. The van der Waals surface area contributed by atoms with E-state index in [0.29, 0.717) is 11.2 Å². The average Bonchev–Trinajstić information content (AvgIpc) is 2.71. The third-order valence-corrected chi connectivity index (χ3v) is 5.51. The lowest BCUT2D eigenvalue weighted by Gasteiger charge is -2.31. The first-order valence-electron chi connectivity index (χ1n) is 6.56. The number of benzene rings is 1. The molecular formula is C15H18O2. The number of rotatable bonds is 0. The molecule has 4 rings (SSSR count). The number of phenolic OH excluding ortho intramolecular Hbond substituents is 1. The third-order valence-electron chi connectivity index (χ3n) is 5.51. The number of phenols is 1. The molecule has 0 aromatic heterocycles. The topological polar surface area (TPSA) is 29.5 Å². The minimum absolute atomic E-state index is 0.0419. The Bertz CT molecular complexity index is 487. The van der Waals surface area contributed by atoms with Gasteiger partial charge in [-0.2, -0.15) is 0 Å². The van der Waals surface area contributed by atoms with Crippen molar-refractivity contribution < 1.29 is 9.84 Å². The lowest BCUT2D eigenvalue weighted by Crippen LogP contribution is -2.40. The van der Waals surface area contributed by atoms with E-state index in [1.165, 1.54) is 24.8 Å². The van der Waals surface area contributed by atoms with Gasteiger partial charge in [0.05, 0.1) is 0 Å². The summed E-state index contributed by atoms with van der Waals surface area (Å²) in [5.74, 6) is 2.29. The fourth-order valence-corrected chi connectivity index (χ4v) is 4.08. The van der Waals surface area contributed by atoms with E-state index in [2.05, 4.69) is 6.92 Å². The number of fused-ring (bicyclic) bond motifs is 3. The van der Waals surface area contributed by atoms with E-state index >= 15 is 0 Å². The van der Waals surface area contributed by atoms with Gasteiger partial charge in [0.2, 0.25) is 0 Å². The summed E-state index contributed by atoms with van der Waals surface area (Å²) < 4.78 is 6.34. The van der Waals surface area contributed by atoms with Gasteiger partial charge in [-0.1, -0.05) is 6.92 Å². The number of hydrogen-bond donors (Lipinski definition) is 1. The van der Waals surface area contributed by atoms with Crippen molar-refractivity contribution in [1.82, 2.24) is 0 Å². The first kappa shape index (κ1) is 9.81. The van der Waals surface area contributed by atoms with Crippen molar-refractivity contribution in [2.75, 3.05) is 0 Å².